The summed E-state index contributed by atoms with van der Waals surface area (Å²) in [5.41, 5.74) is 2.28. The highest BCUT2D eigenvalue weighted by Gasteiger charge is 2.14. The average molecular weight is 400 g/mol. The zero-order chi connectivity index (χ0) is 19.8. The van der Waals surface area contributed by atoms with Gasteiger partial charge in [0.2, 0.25) is 11.8 Å². The van der Waals surface area contributed by atoms with Crippen LogP contribution >= 0.6 is 11.8 Å². The second kappa shape index (κ2) is 10.2. The summed E-state index contributed by atoms with van der Waals surface area (Å²) in [6.45, 7) is 4.30. The van der Waals surface area contributed by atoms with E-state index in [1.807, 2.05) is 13.0 Å². The van der Waals surface area contributed by atoms with Crippen LogP contribution in [-0.2, 0) is 9.59 Å². The third-order valence-electron chi connectivity index (χ3n) is 4.37. The van der Waals surface area contributed by atoms with Crippen molar-refractivity contribution in [2.45, 2.75) is 31.3 Å². The summed E-state index contributed by atoms with van der Waals surface area (Å²) in [6, 6.07) is 8.96. The maximum absolute atomic E-state index is 12.2. The van der Waals surface area contributed by atoms with Crippen molar-refractivity contribution in [2.24, 2.45) is 0 Å². The molecule has 0 aliphatic carbocycles. The number of aromatic nitrogens is 2. The Morgan fingerprint density at radius 3 is 2.29 bits per heavy atom. The maximum atomic E-state index is 12.2. The van der Waals surface area contributed by atoms with Crippen LogP contribution < -0.4 is 10.6 Å². The maximum Gasteiger partial charge on any atom is 0.238 e. The molecule has 1 aromatic heterocycles. The Balaban J connectivity index is 1.43. The summed E-state index contributed by atoms with van der Waals surface area (Å²) in [4.78, 5) is 34.8. The van der Waals surface area contributed by atoms with Crippen LogP contribution in [0, 0.1) is 6.92 Å². The molecule has 2 amide bonds. The fourth-order valence-electron chi connectivity index (χ4n) is 2.98. The molecule has 1 aliphatic rings. The highest BCUT2D eigenvalue weighted by Crippen LogP contribution is 2.16. The van der Waals surface area contributed by atoms with Crippen molar-refractivity contribution in [2.75, 3.05) is 36.0 Å². The predicted molar refractivity (Wildman–Crippen MR) is 111 cm³/mol. The predicted octanol–water partition coefficient (Wildman–Crippen LogP) is 2.94. The number of carbonyl (C=O) groups excluding carboxylic acids is 2. The van der Waals surface area contributed by atoms with E-state index < -0.39 is 0 Å². The van der Waals surface area contributed by atoms with Gasteiger partial charge < -0.3 is 10.6 Å². The molecule has 1 aliphatic heterocycles. The van der Waals surface area contributed by atoms with Gasteiger partial charge in [0, 0.05) is 23.3 Å². The number of thioether (sulfide) groups is 1. The normalized spacial score (nSPS) is 14.5. The molecule has 0 spiro atoms. The Hall–Kier alpha value is -2.45. The Bertz CT molecular complexity index is 806. The standard InChI is InChI=1S/C20H25N5O2S/c1-15-9-10-21-20(22-15)28-14-19(27)24-17-7-5-16(6-8-17)23-18(26)13-25-11-3-2-4-12-25/h5-10H,2-4,11-14H2,1H3,(H,23,26)(H,24,27). The van der Waals surface area contributed by atoms with Crippen LogP contribution in [-0.4, -0.2) is 52.1 Å². The zero-order valence-corrected chi connectivity index (χ0v) is 16.8. The van der Waals surface area contributed by atoms with Gasteiger partial charge in [0.25, 0.3) is 0 Å². The highest BCUT2D eigenvalue weighted by molar-refractivity contribution is 7.99. The molecule has 8 heteroatoms. The van der Waals surface area contributed by atoms with Crippen molar-refractivity contribution in [3.8, 4) is 0 Å². The lowest BCUT2D eigenvalue weighted by molar-refractivity contribution is -0.117. The molecule has 28 heavy (non-hydrogen) atoms. The van der Waals surface area contributed by atoms with Gasteiger partial charge in [-0.2, -0.15) is 0 Å². The molecular formula is C20H25N5O2S. The van der Waals surface area contributed by atoms with Gasteiger partial charge in [-0.3, -0.25) is 14.5 Å². The Morgan fingerprint density at radius 2 is 1.64 bits per heavy atom. The summed E-state index contributed by atoms with van der Waals surface area (Å²) >= 11 is 1.29. The Kier molecular flexibility index (Phi) is 7.39. The molecule has 148 valence electrons. The first-order chi connectivity index (χ1) is 13.6. The summed E-state index contributed by atoms with van der Waals surface area (Å²) in [7, 11) is 0. The zero-order valence-electron chi connectivity index (χ0n) is 16.0. The van der Waals surface area contributed by atoms with Crippen molar-refractivity contribution < 1.29 is 9.59 Å². The van der Waals surface area contributed by atoms with Gasteiger partial charge in [0.15, 0.2) is 5.16 Å². The minimum atomic E-state index is -0.128. The van der Waals surface area contributed by atoms with E-state index in [-0.39, 0.29) is 17.6 Å². The number of nitrogens with zero attached hydrogens (tertiary/aromatic N) is 3. The molecule has 0 bridgehead atoms. The van der Waals surface area contributed by atoms with E-state index in [0.717, 1.165) is 37.3 Å². The number of likely N-dealkylation sites (tertiary alicyclic amines) is 1. The number of rotatable bonds is 7. The average Bonchev–Trinajstić information content (AvgIpc) is 2.69. The van der Waals surface area contributed by atoms with Crippen LogP contribution in [0.3, 0.4) is 0 Å². The molecule has 0 unspecified atom stereocenters. The molecule has 1 saturated heterocycles. The first kappa shape index (κ1) is 20.3. The number of amides is 2. The van der Waals surface area contributed by atoms with Gasteiger partial charge in [0.1, 0.15) is 0 Å². The van der Waals surface area contributed by atoms with Gasteiger partial charge in [0.05, 0.1) is 12.3 Å². The molecule has 0 radical (unpaired) electrons. The van der Waals surface area contributed by atoms with Crippen LogP contribution in [0.25, 0.3) is 0 Å². The summed E-state index contributed by atoms with van der Waals surface area (Å²) < 4.78 is 0. The van der Waals surface area contributed by atoms with Gasteiger partial charge in [-0.25, -0.2) is 9.97 Å². The molecule has 3 rings (SSSR count). The van der Waals surface area contributed by atoms with Gasteiger partial charge >= 0.3 is 0 Å². The largest absolute Gasteiger partial charge is 0.325 e. The van der Waals surface area contributed by atoms with Crippen molar-refractivity contribution in [1.29, 1.82) is 0 Å². The summed E-state index contributed by atoms with van der Waals surface area (Å²) in [6.07, 6.45) is 5.26. The Morgan fingerprint density at radius 1 is 1.00 bits per heavy atom. The van der Waals surface area contributed by atoms with E-state index in [9.17, 15) is 9.59 Å². The molecular weight excluding hydrogens is 374 g/mol. The number of hydrogen-bond acceptors (Lipinski definition) is 6. The second-order valence-corrected chi connectivity index (χ2v) is 7.72. The van der Waals surface area contributed by atoms with Crippen molar-refractivity contribution >= 4 is 35.0 Å². The number of nitrogens with one attached hydrogen (secondary N) is 2. The number of hydrogen-bond donors (Lipinski definition) is 2. The number of benzene rings is 1. The van der Waals surface area contributed by atoms with E-state index in [2.05, 4.69) is 25.5 Å². The lowest BCUT2D eigenvalue weighted by Gasteiger charge is -2.25. The quantitative estimate of drug-likeness (QED) is 0.550. The van der Waals surface area contributed by atoms with E-state index in [0.29, 0.717) is 17.4 Å². The lowest BCUT2D eigenvalue weighted by Crippen LogP contribution is -2.36. The molecule has 0 atom stereocenters. The smallest absolute Gasteiger partial charge is 0.238 e. The van der Waals surface area contributed by atoms with E-state index in [4.69, 9.17) is 0 Å². The number of carbonyl (C=O) groups is 2. The van der Waals surface area contributed by atoms with Gasteiger partial charge in [-0.05, 0) is 63.2 Å². The van der Waals surface area contributed by atoms with Crippen LogP contribution in [0.1, 0.15) is 25.0 Å². The van der Waals surface area contributed by atoms with E-state index >= 15 is 0 Å². The second-order valence-electron chi connectivity index (χ2n) is 6.78. The van der Waals surface area contributed by atoms with Gasteiger partial charge in [-0.15, -0.1) is 0 Å². The third kappa shape index (κ3) is 6.61. The summed E-state index contributed by atoms with van der Waals surface area (Å²) in [5, 5.41) is 6.33. The minimum Gasteiger partial charge on any atom is -0.325 e. The van der Waals surface area contributed by atoms with Crippen LogP contribution in [0.4, 0.5) is 11.4 Å². The first-order valence-corrected chi connectivity index (χ1v) is 10.4. The van der Waals surface area contributed by atoms with Crippen molar-refractivity contribution in [3.05, 3.63) is 42.2 Å². The van der Waals surface area contributed by atoms with Crippen LogP contribution in [0.2, 0.25) is 0 Å². The van der Waals surface area contributed by atoms with Gasteiger partial charge in [-0.1, -0.05) is 18.2 Å². The molecule has 2 N–H and O–H groups in total. The Labute approximate surface area is 169 Å². The molecule has 1 fully saturated rings. The number of piperidine rings is 1. The minimum absolute atomic E-state index is 0.00626. The summed E-state index contributed by atoms with van der Waals surface area (Å²) in [5.74, 6) is 0.0999. The van der Waals surface area contributed by atoms with Crippen molar-refractivity contribution in [3.63, 3.8) is 0 Å². The van der Waals surface area contributed by atoms with E-state index in [1.54, 1.807) is 30.5 Å². The molecule has 2 aromatic rings. The fourth-order valence-corrected chi connectivity index (χ4v) is 3.66. The SMILES string of the molecule is Cc1ccnc(SCC(=O)Nc2ccc(NC(=O)CN3CCCCC3)cc2)n1. The topological polar surface area (TPSA) is 87.2 Å². The third-order valence-corrected chi connectivity index (χ3v) is 5.23. The highest BCUT2D eigenvalue weighted by atomic mass is 32.2. The molecule has 1 aromatic carbocycles. The van der Waals surface area contributed by atoms with E-state index in [1.165, 1.54) is 18.2 Å². The fraction of sp³-hybridized carbons (Fsp3) is 0.400. The van der Waals surface area contributed by atoms with Crippen LogP contribution in [0.15, 0.2) is 41.7 Å². The monoisotopic (exact) mass is 399 g/mol. The molecule has 0 saturated carbocycles. The lowest BCUT2D eigenvalue weighted by atomic mass is 10.1. The number of aryl methyl sites for hydroxylation is 1. The molecule has 7 nitrogen and oxygen atoms in total. The van der Waals surface area contributed by atoms with Crippen molar-refractivity contribution in [1.82, 2.24) is 14.9 Å². The first-order valence-electron chi connectivity index (χ1n) is 9.43. The molecule has 2 heterocycles. The number of anilines is 2. The van der Waals surface area contributed by atoms with Crippen LogP contribution in [0.5, 0.6) is 0 Å².